The maximum atomic E-state index is 13.5. The molecule has 0 bridgehead atoms. The molecule has 0 atom stereocenters. The minimum Gasteiger partial charge on any atom is -0.478 e. The fourth-order valence-electron chi connectivity index (χ4n) is 4.34. The van der Waals surface area contributed by atoms with Gasteiger partial charge in [-0.05, 0) is 47.4 Å². The largest absolute Gasteiger partial charge is 0.478 e. The van der Waals surface area contributed by atoms with Crippen LogP contribution < -0.4 is 5.69 Å². The molecule has 0 spiro atoms. The van der Waals surface area contributed by atoms with Crippen LogP contribution in [0.25, 0.3) is 28.3 Å². The SMILES string of the molecule is CCCCc1cn(-c2ccccc2C(=O)O)c(=O)n1Cc1ccc(-c2cccnc2-c2nn[nH]n2)cc1. The first-order valence-corrected chi connectivity index (χ1v) is 12.0. The second kappa shape index (κ2) is 10.4. The maximum absolute atomic E-state index is 13.5. The third kappa shape index (κ3) is 4.81. The van der Waals surface area contributed by atoms with E-state index in [1.807, 2.05) is 36.4 Å². The summed E-state index contributed by atoms with van der Waals surface area (Å²) in [5.41, 5.74) is 4.41. The van der Waals surface area contributed by atoms with Gasteiger partial charge in [0.05, 0.1) is 17.8 Å². The molecule has 2 aromatic carbocycles. The van der Waals surface area contributed by atoms with E-state index < -0.39 is 5.97 Å². The number of aromatic nitrogens is 7. The smallest absolute Gasteiger partial charge is 0.337 e. The molecule has 0 aliphatic rings. The number of aromatic carboxylic acids is 1. The van der Waals surface area contributed by atoms with Gasteiger partial charge >= 0.3 is 11.7 Å². The van der Waals surface area contributed by atoms with Crippen molar-refractivity contribution in [3.05, 3.63) is 100 Å². The van der Waals surface area contributed by atoms with Crippen molar-refractivity contribution in [2.75, 3.05) is 0 Å². The molecule has 0 saturated carbocycles. The average Bonchev–Trinajstić information content (AvgIpc) is 3.57. The van der Waals surface area contributed by atoms with Crippen LogP contribution in [0.1, 0.15) is 41.4 Å². The highest BCUT2D eigenvalue weighted by atomic mass is 16.4. The minimum atomic E-state index is -1.07. The van der Waals surface area contributed by atoms with E-state index in [0.29, 0.717) is 23.8 Å². The summed E-state index contributed by atoms with van der Waals surface area (Å²) in [6.45, 7) is 2.46. The van der Waals surface area contributed by atoms with E-state index in [1.54, 1.807) is 35.2 Å². The van der Waals surface area contributed by atoms with Crippen LogP contribution in [0.3, 0.4) is 0 Å². The lowest BCUT2D eigenvalue weighted by molar-refractivity contribution is 0.0697. The molecular weight excluding hydrogens is 470 g/mol. The first-order valence-electron chi connectivity index (χ1n) is 12.0. The predicted octanol–water partition coefficient (Wildman–Crippen LogP) is 3.97. The number of pyridine rings is 1. The van der Waals surface area contributed by atoms with E-state index in [0.717, 1.165) is 41.6 Å². The number of aryl methyl sites for hydroxylation is 1. The first kappa shape index (κ1) is 23.9. The minimum absolute atomic E-state index is 0.0852. The number of hydrogen-bond donors (Lipinski definition) is 2. The van der Waals surface area contributed by atoms with Gasteiger partial charge in [-0.25, -0.2) is 9.59 Å². The zero-order valence-electron chi connectivity index (χ0n) is 20.2. The Bertz CT molecular complexity index is 1590. The second-order valence-electron chi connectivity index (χ2n) is 8.62. The topological polar surface area (TPSA) is 132 Å². The number of carboxylic acid groups (broad SMARTS) is 1. The quantitative estimate of drug-likeness (QED) is 0.316. The number of tetrazole rings is 1. The van der Waals surface area contributed by atoms with Crippen molar-refractivity contribution >= 4 is 5.97 Å². The number of H-pyrrole nitrogens is 1. The van der Waals surface area contributed by atoms with Gasteiger partial charge in [-0.15, -0.1) is 10.2 Å². The van der Waals surface area contributed by atoms with E-state index >= 15 is 0 Å². The zero-order chi connectivity index (χ0) is 25.8. The molecule has 0 saturated heterocycles. The lowest BCUT2D eigenvalue weighted by atomic mass is 10.0. The van der Waals surface area contributed by atoms with Crippen molar-refractivity contribution in [2.45, 2.75) is 32.7 Å². The summed E-state index contributed by atoms with van der Waals surface area (Å²) < 4.78 is 3.16. The van der Waals surface area contributed by atoms with E-state index in [2.05, 4.69) is 32.5 Å². The van der Waals surface area contributed by atoms with E-state index in [9.17, 15) is 14.7 Å². The molecule has 5 rings (SSSR count). The number of nitrogens with one attached hydrogen (secondary N) is 1. The molecule has 10 heteroatoms. The molecule has 0 amide bonds. The third-order valence-electron chi connectivity index (χ3n) is 6.21. The number of imidazole rings is 1. The van der Waals surface area contributed by atoms with Crippen molar-refractivity contribution in [1.29, 1.82) is 0 Å². The van der Waals surface area contributed by atoms with Gasteiger partial charge in [-0.1, -0.05) is 55.8 Å². The fraction of sp³-hybridized carbons (Fsp3) is 0.185. The Kier molecular flexibility index (Phi) is 6.71. The Morgan fingerprint density at radius 1 is 1.05 bits per heavy atom. The van der Waals surface area contributed by atoms with Gasteiger partial charge in [-0.2, -0.15) is 5.21 Å². The number of para-hydroxylation sites is 1. The number of nitrogens with zero attached hydrogens (tertiary/aromatic N) is 6. The highest BCUT2D eigenvalue weighted by Crippen LogP contribution is 2.28. The lowest BCUT2D eigenvalue weighted by Crippen LogP contribution is -2.25. The summed E-state index contributed by atoms with van der Waals surface area (Å²) >= 11 is 0. The van der Waals surface area contributed by atoms with Crippen LogP contribution in [0.4, 0.5) is 0 Å². The van der Waals surface area contributed by atoms with Gasteiger partial charge in [0.1, 0.15) is 5.69 Å². The molecular formula is C27H25N7O3. The number of carboxylic acids is 1. The number of benzene rings is 2. The van der Waals surface area contributed by atoms with E-state index in [-0.39, 0.29) is 11.3 Å². The molecule has 3 heterocycles. The molecule has 2 N–H and O–H groups in total. The van der Waals surface area contributed by atoms with Crippen LogP contribution >= 0.6 is 0 Å². The molecule has 0 unspecified atom stereocenters. The van der Waals surface area contributed by atoms with Crippen LogP contribution in [0.2, 0.25) is 0 Å². The molecule has 0 fully saturated rings. The van der Waals surface area contributed by atoms with Crippen LogP contribution in [0, 0.1) is 0 Å². The Hall–Kier alpha value is -4.86. The third-order valence-corrected chi connectivity index (χ3v) is 6.21. The van der Waals surface area contributed by atoms with E-state index in [1.165, 1.54) is 10.6 Å². The highest BCUT2D eigenvalue weighted by molar-refractivity contribution is 5.91. The van der Waals surface area contributed by atoms with Crippen molar-refractivity contribution < 1.29 is 9.90 Å². The summed E-state index contributed by atoms with van der Waals surface area (Å²) in [7, 11) is 0. The average molecular weight is 496 g/mol. The fourth-order valence-corrected chi connectivity index (χ4v) is 4.34. The van der Waals surface area contributed by atoms with Gasteiger partial charge in [0.15, 0.2) is 0 Å². The predicted molar refractivity (Wildman–Crippen MR) is 138 cm³/mol. The van der Waals surface area contributed by atoms with Crippen LogP contribution in [-0.2, 0) is 13.0 Å². The standard InChI is InChI=1S/C27H25N7O3/c1-2-3-7-20-17-34(23-10-5-4-8-22(23)26(35)36)27(37)33(20)16-18-11-13-19(14-12-18)21-9-6-15-28-24(21)25-29-31-32-30-25/h4-6,8-15,17H,2-3,7,16H2,1H3,(H,35,36)(H,29,30,31,32). The molecule has 0 aliphatic carbocycles. The number of aromatic amines is 1. The molecule has 3 aromatic heterocycles. The Balaban J connectivity index is 1.49. The van der Waals surface area contributed by atoms with Crippen LogP contribution in [-0.4, -0.2) is 45.8 Å². The van der Waals surface area contributed by atoms with Gasteiger partial charge in [0.25, 0.3) is 0 Å². The Morgan fingerprint density at radius 3 is 2.59 bits per heavy atom. The van der Waals surface area contributed by atoms with Gasteiger partial charge in [-0.3, -0.25) is 14.1 Å². The summed E-state index contributed by atoms with van der Waals surface area (Å²) in [6, 6.07) is 18.2. The van der Waals surface area contributed by atoms with Gasteiger partial charge in [0, 0.05) is 23.7 Å². The molecule has 0 aliphatic heterocycles. The molecule has 5 aromatic rings. The molecule has 186 valence electrons. The molecule has 10 nitrogen and oxygen atoms in total. The molecule has 37 heavy (non-hydrogen) atoms. The van der Waals surface area contributed by atoms with Crippen LogP contribution in [0.5, 0.6) is 0 Å². The number of rotatable bonds is 9. The first-order chi connectivity index (χ1) is 18.1. The molecule has 0 radical (unpaired) electrons. The maximum Gasteiger partial charge on any atom is 0.337 e. The number of unbranched alkanes of at least 4 members (excludes halogenated alkanes) is 1. The van der Waals surface area contributed by atoms with Crippen molar-refractivity contribution in [1.82, 2.24) is 34.7 Å². The van der Waals surface area contributed by atoms with E-state index in [4.69, 9.17) is 0 Å². The summed E-state index contributed by atoms with van der Waals surface area (Å²) in [5, 5.41) is 23.8. The zero-order valence-corrected chi connectivity index (χ0v) is 20.2. The monoisotopic (exact) mass is 495 g/mol. The normalized spacial score (nSPS) is 11.1. The van der Waals surface area contributed by atoms with Gasteiger partial charge in [0.2, 0.25) is 5.82 Å². The van der Waals surface area contributed by atoms with Crippen molar-refractivity contribution in [3.63, 3.8) is 0 Å². The number of hydrogen-bond acceptors (Lipinski definition) is 6. The Labute approximate surface area is 212 Å². The summed E-state index contributed by atoms with van der Waals surface area (Å²) in [6.07, 6.45) is 6.06. The summed E-state index contributed by atoms with van der Waals surface area (Å²) in [5.74, 6) is -0.661. The summed E-state index contributed by atoms with van der Waals surface area (Å²) in [4.78, 5) is 29.7. The Morgan fingerprint density at radius 2 is 1.86 bits per heavy atom. The van der Waals surface area contributed by atoms with Crippen molar-refractivity contribution in [3.8, 4) is 28.3 Å². The lowest BCUT2D eigenvalue weighted by Gasteiger charge is -2.10. The van der Waals surface area contributed by atoms with Crippen molar-refractivity contribution in [2.24, 2.45) is 0 Å². The second-order valence-corrected chi connectivity index (χ2v) is 8.62. The van der Waals surface area contributed by atoms with Gasteiger partial charge < -0.3 is 5.11 Å². The number of carbonyl (C=O) groups is 1. The van der Waals surface area contributed by atoms with Crippen LogP contribution in [0.15, 0.2) is 77.9 Å². The highest BCUT2D eigenvalue weighted by Gasteiger charge is 2.18.